The van der Waals surface area contributed by atoms with Gasteiger partial charge in [-0.2, -0.15) is 0 Å². The number of nitrogens with zero attached hydrogens (tertiary/aromatic N) is 2. The van der Waals surface area contributed by atoms with Gasteiger partial charge in [-0.3, -0.25) is 14.4 Å². The molecule has 1 aliphatic heterocycles. The standard InChI is InChI=1S/C26H33N3O4/c1-4-28(5-2)26(32)23(27-24(30)21-12-9-13-22(18-21)33-3)19-14-16-29(17-15-19)25(31)20-10-7-6-8-11-20/h6-13,18-19,23H,4-5,14-17H2,1-3H3,(H,27,30)/t23-/m1/s1. The Morgan fingerprint density at radius 1 is 1.00 bits per heavy atom. The molecule has 2 aromatic carbocycles. The van der Waals surface area contributed by atoms with Crippen molar-refractivity contribution in [3.05, 3.63) is 65.7 Å². The molecule has 0 saturated carbocycles. The third kappa shape index (κ3) is 5.92. The van der Waals surface area contributed by atoms with Gasteiger partial charge in [0, 0.05) is 37.3 Å². The highest BCUT2D eigenvalue weighted by molar-refractivity contribution is 5.98. The van der Waals surface area contributed by atoms with Gasteiger partial charge in [0.2, 0.25) is 5.91 Å². The van der Waals surface area contributed by atoms with Gasteiger partial charge in [-0.25, -0.2) is 0 Å². The lowest BCUT2D eigenvalue weighted by molar-refractivity contribution is -0.134. The number of benzene rings is 2. The van der Waals surface area contributed by atoms with Crippen molar-refractivity contribution in [2.24, 2.45) is 5.92 Å². The first kappa shape index (κ1) is 24.3. The van der Waals surface area contributed by atoms with E-state index in [1.807, 2.05) is 49.1 Å². The van der Waals surface area contributed by atoms with Crippen LogP contribution in [0.2, 0.25) is 0 Å². The summed E-state index contributed by atoms with van der Waals surface area (Å²) >= 11 is 0. The van der Waals surface area contributed by atoms with Crippen LogP contribution in [-0.2, 0) is 4.79 Å². The molecule has 0 radical (unpaired) electrons. The van der Waals surface area contributed by atoms with Crippen LogP contribution < -0.4 is 10.1 Å². The first-order valence-corrected chi connectivity index (χ1v) is 11.6. The summed E-state index contributed by atoms with van der Waals surface area (Å²) in [4.78, 5) is 42.7. The zero-order valence-electron chi connectivity index (χ0n) is 19.6. The van der Waals surface area contributed by atoms with Gasteiger partial charge in [0.25, 0.3) is 11.8 Å². The molecule has 0 spiro atoms. The van der Waals surface area contributed by atoms with Crippen molar-refractivity contribution < 1.29 is 19.1 Å². The number of methoxy groups -OCH3 is 1. The lowest BCUT2D eigenvalue weighted by Gasteiger charge is -2.37. The highest BCUT2D eigenvalue weighted by Gasteiger charge is 2.35. The SMILES string of the molecule is CCN(CC)C(=O)[C@H](NC(=O)c1cccc(OC)c1)C1CCN(C(=O)c2ccccc2)CC1. The van der Waals surface area contributed by atoms with Crippen molar-refractivity contribution in [2.45, 2.75) is 32.7 Å². The van der Waals surface area contributed by atoms with E-state index in [0.717, 1.165) is 0 Å². The lowest BCUT2D eigenvalue weighted by atomic mass is 9.87. The minimum Gasteiger partial charge on any atom is -0.497 e. The highest BCUT2D eigenvalue weighted by atomic mass is 16.5. The quantitative estimate of drug-likeness (QED) is 0.669. The fourth-order valence-corrected chi connectivity index (χ4v) is 4.30. The van der Waals surface area contributed by atoms with E-state index >= 15 is 0 Å². The van der Waals surface area contributed by atoms with Crippen molar-refractivity contribution in [1.29, 1.82) is 0 Å². The van der Waals surface area contributed by atoms with E-state index in [1.54, 1.807) is 36.3 Å². The van der Waals surface area contributed by atoms with Crippen LogP contribution in [-0.4, -0.2) is 66.9 Å². The fraction of sp³-hybridized carbons (Fsp3) is 0.423. The summed E-state index contributed by atoms with van der Waals surface area (Å²) in [5.41, 5.74) is 1.11. The topological polar surface area (TPSA) is 79.0 Å². The number of rotatable bonds is 8. The first-order valence-electron chi connectivity index (χ1n) is 11.6. The Hall–Kier alpha value is -3.35. The number of carbonyl (C=O) groups is 3. The van der Waals surface area contributed by atoms with Crippen molar-refractivity contribution in [3.63, 3.8) is 0 Å². The summed E-state index contributed by atoms with van der Waals surface area (Å²) in [5.74, 6) is 0.154. The van der Waals surface area contributed by atoms with Gasteiger partial charge in [-0.15, -0.1) is 0 Å². The van der Waals surface area contributed by atoms with Gasteiger partial charge in [0.1, 0.15) is 11.8 Å². The van der Waals surface area contributed by atoms with Gasteiger partial charge in [-0.1, -0.05) is 24.3 Å². The van der Waals surface area contributed by atoms with Crippen LogP contribution in [0.3, 0.4) is 0 Å². The van der Waals surface area contributed by atoms with E-state index in [0.29, 0.717) is 55.9 Å². The van der Waals surface area contributed by atoms with Crippen molar-refractivity contribution in [3.8, 4) is 5.75 Å². The number of piperidine rings is 1. The predicted octanol–water partition coefficient (Wildman–Crippen LogP) is 3.21. The van der Waals surface area contributed by atoms with Crippen LogP contribution in [0.5, 0.6) is 5.75 Å². The molecule has 33 heavy (non-hydrogen) atoms. The lowest BCUT2D eigenvalue weighted by Crippen LogP contribution is -2.54. The van der Waals surface area contributed by atoms with Gasteiger partial charge in [-0.05, 0) is 62.9 Å². The molecule has 1 heterocycles. The third-order valence-corrected chi connectivity index (χ3v) is 6.28. The second-order valence-corrected chi connectivity index (χ2v) is 8.19. The van der Waals surface area contributed by atoms with Gasteiger partial charge >= 0.3 is 0 Å². The molecule has 3 amide bonds. The molecule has 1 aliphatic rings. The van der Waals surface area contributed by atoms with E-state index in [2.05, 4.69) is 5.32 Å². The van der Waals surface area contributed by atoms with E-state index in [-0.39, 0.29) is 23.6 Å². The number of likely N-dealkylation sites (tertiary alicyclic amines) is 1. The van der Waals surface area contributed by atoms with Gasteiger partial charge in [0.15, 0.2) is 0 Å². The van der Waals surface area contributed by atoms with E-state index in [4.69, 9.17) is 4.74 Å². The third-order valence-electron chi connectivity index (χ3n) is 6.28. The first-order chi connectivity index (χ1) is 16.0. The van der Waals surface area contributed by atoms with Crippen LogP contribution in [0.15, 0.2) is 54.6 Å². The smallest absolute Gasteiger partial charge is 0.253 e. The maximum atomic E-state index is 13.3. The summed E-state index contributed by atoms with van der Waals surface area (Å²) in [6.07, 6.45) is 1.29. The summed E-state index contributed by atoms with van der Waals surface area (Å²) in [7, 11) is 1.55. The minimum absolute atomic E-state index is 0.00101. The largest absolute Gasteiger partial charge is 0.497 e. The van der Waals surface area contributed by atoms with E-state index < -0.39 is 6.04 Å². The molecule has 0 unspecified atom stereocenters. The number of hydrogen-bond donors (Lipinski definition) is 1. The van der Waals surface area contributed by atoms with Crippen LogP contribution in [0.1, 0.15) is 47.4 Å². The van der Waals surface area contributed by atoms with Gasteiger partial charge in [0.05, 0.1) is 7.11 Å². The number of nitrogens with one attached hydrogen (secondary N) is 1. The molecular formula is C26H33N3O4. The molecule has 1 fully saturated rings. The Kier molecular flexibility index (Phi) is 8.46. The molecular weight excluding hydrogens is 418 g/mol. The molecule has 0 aliphatic carbocycles. The summed E-state index contributed by atoms with van der Waals surface area (Å²) in [5, 5.41) is 2.99. The molecule has 7 nitrogen and oxygen atoms in total. The maximum Gasteiger partial charge on any atom is 0.253 e. The minimum atomic E-state index is -0.641. The van der Waals surface area contributed by atoms with E-state index in [1.165, 1.54) is 0 Å². The average Bonchev–Trinajstić information content (AvgIpc) is 2.88. The normalized spacial score (nSPS) is 14.9. The van der Waals surface area contributed by atoms with Crippen LogP contribution >= 0.6 is 0 Å². The molecule has 2 aromatic rings. The predicted molar refractivity (Wildman–Crippen MR) is 127 cm³/mol. The number of hydrogen-bond acceptors (Lipinski definition) is 4. The number of carbonyl (C=O) groups excluding carboxylic acids is 3. The molecule has 0 aromatic heterocycles. The van der Waals surface area contributed by atoms with Crippen molar-refractivity contribution in [1.82, 2.24) is 15.1 Å². The molecule has 176 valence electrons. The summed E-state index contributed by atoms with van der Waals surface area (Å²) < 4.78 is 5.22. The van der Waals surface area contributed by atoms with Crippen LogP contribution in [0.25, 0.3) is 0 Å². The van der Waals surface area contributed by atoms with Crippen molar-refractivity contribution in [2.75, 3.05) is 33.3 Å². The van der Waals surface area contributed by atoms with E-state index in [9.17, 15) is 14.4 Å². The number of likely N-dealkylation sites (N-methyl/N-ethyl adjacent to an activating group) is 1. The Bertz CT molecular complexity index is 951. The van der Waals surface area contributed by atoms with Crippen LogP contribution in [0, 0.1) is 5.92 Å². The van der Waals surface area contributed by atoms with Crippen LogP contribution in [0.4, 0.5) is 0 Å². The summed E-state index contributed by atoms with van der Waals surface area (Å²) in [6.45, 7) is 6.12. The van der Waals surface area contributed by atoms with Crippen molar-refractivity contribution >= 4 is 17.7 Å². The Balaban J connectivity index is 1.74. The monoisotopic (exact) mass is 451 g/mol. The Labute approximate surface area is 195 Å². The summed E-state index contributed by atoms with van der Waals surface area (Å²) in [6, 6.07) is 15.5. The zero-order chi connectivity index (χ0) is 23.8. The second-order valence-electron chi connectivity index (χ2n) is 8.19. The zero-order valence-corrected chi connectivity index (χ0v) is 19.6. The average molecular weight is 452 g/mol. The fourth-order valence-electron chi connectivity index (χ4n) is 4.30. The molecule has 1 N–H and O–H groups in total. The molecule has 3 rings (SSSR count). The number of amides is 3. The maximum absolute atomic E-state index is 13.3. The number of ether oxygens (including phenoxy) is 1. The molecule has 1 saturated heterocycles. The molecule has 7 heteroatoms. The second kappa shape index (κ2) is 11.5. The Morgan fingerprint density at radius 2 is 1.64 bits per heavy atom. The molecule has 0 bridgehead atoms. The molecule has 1 atom stereocenters. The highest BCUT2D eigenvalue weighted by Crippen LogP contribution is 2.24. The Morgan fingerprint density at radius 3 is 2.24 bits per heavy atom. The van der Waals surface area contributed by atoms with Gasteiger partial charge < -0.3 is 19.9 Å².